The van der Waals surface area contributed by atoms with Gasteiger partial charge in [0.05, 0.1) is 18.3 Å². The fourth-order valence-corrected chi connectivity index (χ4v) is 8.90. The van der Waals surface area contributed by atoms with Crippen molar-refractivity contribution in [3.63, 3.8) is 0 Å². The van der Waals surface area contributed by atoms with Crippen molar-refractivity contribution >= 4 is 5.78 Å². The number of methoxy groups -OCH3 is 1. The van der Waals surface area contributed by atoms with Gasteiger partial charge in [0, 0.05) is 5.92 Å². The minimum atomic E-state index is -0.472. The van der Waals surface area contributed by atoms with Gasteiger partial charge >= 0.3 is 0 Å². The normalized spacial score (nSPS) is 46.5. The average molecular weight is 425 g/mol. The summed E-state index contributed by atoms with van der Waals surface area (Å²) in [4.78, 5) is 13.7. The standard InChI is InChI=1S/C28H40O3/c1-26(30)15-16-27(2)18(17-26)9-10-19-21-11-12-23(28(21,3)14-13-22(19)27)25(29)20-7-5-6-8-24(20)31-4/h5-8,18-19,21-23,30H,9-17H2,1-4H3/t18-,19-,21-,22-,23+,26+,27-,28-/m0/s1. The SMILES string of the molecule is COc1ccccc1C(=O)[C@H]1CC[C@H]2[C@@H]3CC[C@H]4C[C@](C)(O)CC[C@]4(C)[C@H]3CC[C@]12C. The molecular weight excluding hydrogens is 384 g/mol. The van der Waals surface area contributed by atoms with Crippen LogP contribution in [0, 0.1) is 40.4 Å². The lowest BCUT2D eigenvalue weighted by Crippen LogP contribution is -2.55. The third kappa shape index (κ3) is 3.21. The Bertz CT molecular complexity index is 860. The van der Waals surface area contributed by atoms with Crippen molar-refractivity contribution in [1.82, 2.24) is 0 Å². The molecule has 4 saturated carbocycles. The van der Waals surface area contributed by atoms with E-state index >= 15 is 0 Å². The summed E-state index contributed by atoms with van der Waals surface area (Å²) in [6.45, 7) is 7.01. The van der Waals surface area contributed by atoms with Gasteiger partial charge in [0.2, 0.25) is 0 Å². The summed E-state index contributed by atoms with van der Waals surface area (Å²) in [6.07, 6.45) is 10.3. The lowest BCUT2D eigenvalue weighted by Gasteiger charge is -2.61. The molecule has 3 nitrogen and oxygen atoms in total. The highest BCUT2D eigenvalue weighted by molar-refractivity contribution is 6.01. The van der Waals surface area contributed by atoms with Crippen molar-refractivity contribution in [2.45, 2.75) is 84.2 Å². The number of hydrogen-bond acceptors (Lipinski definition) is 3. The van der Waals surface area contributed by atoms with Crippen LogP contribution in [-0.2, 0) is 0 Å². The molecule has 0 heterocycles. The Morgan fingerprint density at radius 1 is 0.935 bits per heavy atom. The molecule has 1 aromatic carbocycles. The molecule has 4 aliphatic carbocycles. The second kappa shape index (κ2) is 7.33. The van der Waals surface area contributed by atoms with Crippen molar-refractivity contribution in [2.75, 3.05) is 7.11 Å². The van der Waals surface area contributed by atoms with Crippen molar-refractivity contribution in [1.29, 1.82) is 0 Å². The van der Waals surface area contributed by atoms with Gasteiger partial charge in [-0.05, 0) is 111 Å². The van der Waals surface area contributed by atoms with Crippen LogP contribution in [0.3, 0.4) is 0 Å². The van der Waals surface area contributed by atoms with Gasteiger partial charge in [0.15, 0.2) is 5.78 Å². The number of carbonyl (C=O) groups excluding carboxylic acids is 1. The molecule has 8 atom stereocenters. The van der Waals surface area contributed by atoms with Gasteiger partial charge in [-0.25, -0.2) is 0 Å². The smallest absolute Gasteiger partial charge is 0.170 e. The molecule has 3 heteroatoms. The van der Waals surface area contributed by atoms with E-state index in [0.717, 1.165) is 42.4 Å². The van der Waals surface area contributed by atoms with E-state index in [4.69, 9.17) is 4.74 Å². The minimum absolute atomic E-state index is 0.114. The Balaban J connectivity index is 1.40. The number of hydrogen-bond donors (Lipinski definition) is 1. The van der Waals surface area contributed by atoms with Gasteiger partial charge in [-0.2, -0.15) is 0 Å². The van der Waals surface area contributed by atoms with Crippen LogP contribution in [0.5, 0.6) is 5.75 Å². The first-order valence-electron chi connectivity index (χ1n) is 12.6. The number of para-hydroxylation sites is 1. The third-order valence-electron chi connectivity index (χ3n) is 10.6. The Kier molecular flexibility index (Phi) is 5.08. The number of fused-ring (bicyclic) bond motifs is 5. The highest BCUT2D eigenvalue weighted by atomic mass is 16.5. The van der Waals surface area contributed by atoms with E-state index in [0.29, 0.717) is 23.0 Å². The van der Waals surface area contributed by atoms with Crippen LogP contribution in [0.4, 0.5) is 0 Å². The van der Waals surface area contributed by atoms with Crippen molar-refractivity contribution in [3.8, 4) is 5.75 Å². The number of aliphatic hydroxyl groups is 1. The van der Waals surface area contributed by atoms with E-state index < -0.39 is 5.60 Å². The Morgan fingerprint density at radius 3 is 2.45 bits per heavy atom. The summed E-state index contributed by atoms with van der Waals surface area (Å²) in [6, 6.07) is 7.77. The maximum absolute atomic E-state index is 13.7. The first kappa shape index (κ1) is 21.5. The molecule has 0 unspecified atom stereocenters. The molecule has 170 valence electrons. The molecule has 0 bridgehead atoms. The van der Waals surface area contributed by atoms with E-state index in [9.17, 15) is 9.90 Å². The first-order chi connectivity index (χ1) is 14.7. The highest BCUT2D eigenvalue weighted by Gasteiger charge is 2.61. The molecule has 0 aliphatic heterocycles. The van der Waals surface area contributed by atoms with Crippen molar-refractivity contribution < 1.29 is 14.6 Å². The lowest BCUT2D eigenvalue weighted by molar-refractivity contribution is -0.144. The molecule has 0 saturated heterocycles. The van der Waals surface area contributed by atoms with E-state index in [1.807, 2.05) is 31.2 Å². The summed E-state index contributed by atoms with van der Waals surface area (Å²) in [5, 5.41) is 10.7. The zero-order valence-corrected chi connectivity index (χ0v) is 19.8. The Labute approximate surface area is 188 Å². The van der Waals surface area contributed by atoms with Crippen LogP contribution in [0.2, 0.25) is 0 Å². The molecule has 0 aromatic heterocycles. The molecule has 4 fully saturated rings. The van der Waals surface area contributed by atoms with E-state index in [1.165, 1.54) is 38.5 Å². The number of rotatable bonds is 3. The monoisotopic (exact) mass is 424 g/mol. The molecule has 0 radical (unpaired) electrons. The molecule has 0 amide bonds. The van der Waals surface area contributed by atoms with Crippen LogP contribution in [0.25, 0.3) is 0 Å². The molecule has 1 aromatic rings. The molecule has 5 rings (SSSR count). The summed E-state index contributed by atoms with van der Waals surface area (Å²) in [5.41, 5.74) is 0.781. The maximum atomic E-state index is 13.7. The third-order valence-corrected chi connectivity index (χ3v) is 10.6. The average Bonchev–Trinajstić information content (AvgIpc) is 3.11. The van der Waals surface area contributed by atoms with Crippen LogP contribution in [-0.4, -0.2) is 23.6 Å². The number of benzene rings is 1. The number of Topliss-reactive ketones (excluding diaryl/α,β-unsaturated/α-hetero) is 1. The zero-order chi connectivity index (χ0) is 22.0. The van der Waals surface area contributed by atoms with Crippen molar-refractivity contribution in [3.05, 3.63) is 29.8 Å². The van der Waals surface area contributed by atoms with Gasteiger partial charge in [-0.3, -0.25) is 4.79 Å². The van der Waals surface area contributed by atoms with Gasteiger partial charge in [0.1, 0.15) is 5.75 Å². The van der Waals surface area contributed by atoms with Gasteiger partial charge in [-0.1, -0.05) is 26.0 Å². The maximum Gasteiger partial charge on any atom is 0.170 e. The number of carbonyl (C=O) groups is 1. The van der Waals surface area contributed by atoms with Crippen LogP contribution in [0.1, 0.15) is 88.9 Å². The van der Waals surface area contributed by atoms with Crippen LogP contribution < -0.4 is 4.74 Å². The van der Waals surface area contributed by atoms with Gasteiger partial charge < -0.3 is 9.84 Å². The summed E-state index contributed by atoms with van der Waals surface area (Å²) >= 11 is 0. The fraction of sp³-hybridized carbons (Fsp3) is 0.750. The van der Waals surface area contributed by atoms with E-state index in [-0.39, 0.29) is 11.3 Å². The highest BCUT2D eigenvalue weighted by Crippen LogP contribution is 2.68. The predicted octanol–water partition coefficient (Wildman–Crippen LogP) is 6.29. The van der Waals surface area contributed by atoms with Crippen LogP contribution >= 0.6 is 0 Å². The molecular formula is C28H40O3. The summed E-state index contributed by atoms with van der Waals surface area (Å²) in [5.74, 6) is 3.97. The zero-order valence-electron chi connectivity index (χ0n) is 19.8. The van der Waals surface area contributed by atoms with Crippen molar-refractivity contribution in [2.24, 2.45) is 40.4 Å². The molecule has 0 spiro atoms. The predicted molar refractivity (Wildman–Crippen MR) is 123 cm³/mol. The topological polar surface area (TPSA) is 46.5 Å². The first-order valence-corrected chi connectivity index (χ1v) is 12.6. The van der Waals surface area contributed by atoms with Gasteiger partial charge in [-0.15, -0.1) is 0 Å². The second-order valence-electron chi connectivity index (χ2n) is 12.1. The second-order valence-corrected chi connectivity index (χ2v) is 12.1. The minimum Gasteiger partial charge on any atom is -0.496 e. The number of ether oxygens (including phenoxy) is 1. The van der Waals surface area contributed by atoms with Crippen LogP contribution in [0.15, 0.2) is 24.3 Å². The molecule has 31 heavy (non-hydrogen) atoms. The molecule has 1 N–H and O–H groups in total. The lowest BCUT2D eigenvalue weighted by atomic mass is 9.44. The van der Waals surface area contributed by atoms with E-state index in [1.54, 1.807) is 7.11 Å². The quantitative estimate of drug-likeness (QED) is 0.580. The summed E-state index contributed by atoms with van der Waals surface area (Å²) in [7, 11) is 1.66. The largest absolute Gasteiger partial charge is 0.496 e. The van der Waals surface area contributed by atoms with Gasteiger partial charge in [0.25, 0.3) is 0 Å². The van der Waals surface area contributed by atoms with E-state index in [2.05, 4.69) is 13.8 Å². The fourth-order valence-electron chi connectivity index (χ4n) is 8.90. The summed E-state index contributed by atoms with van der Waals surface area (Å²) < 4.78 is 5.53. The number of ketones is 1. The Hall–Kier alpha value is -1.35. The molecule has 4 aliphatic rings. The Morgan fingerprint density at radius 2 is 1.68 bits per heavy atom.